The zero-order valence-electron chi connectivity index (χ0n) is 18.4. The normalized spacial score (nSPS) is 21.6. The summed E-state index contributed by atoms with van der Waals surface area (Å²) in [5, 5.41) is 8.02. The first-order valence-corrected chi connectivity index (χ1v) is 10.7. The van der Waals surface area contributed by atoms with E-state index in [9.17, 15) is 27.6 Å². The maximum absolute atomic E-state index is 11.8. The van der Waals surface area contributed by atoms with Crippen molar-refractivity contribution in [3.05, 3.63) is 0 Å². The molecule has 2 aliphatic heterocycles. The van der Waals surface area contributed by atoms with Crippen molar-refractivity contribution < 1.29 is 32.3 Å². The second kappa shape index (κ2) is 14.3. The van der Waals surface area contributed by atoms with E-state index >= 15 is 0 Å². The van der Waals surface area contributed by atoms with E-state index in [1.807, 2.05) is 27.7 Å². The summed E-state index contributed by atoms with van der Waals surface area (Å²) in [7, 11) is 0. The molecule has 0 radical (unpaired) electrons. The Balaban J connectivity index is 0.000000622. The predicted molar refractivity (Wildman–Crippen MR) is 108 cm³/mol. The van der Waals surface area contributed by atoms with Gasteiger partial charge in [0.2, 0.25) is 12.3 Å². The molecule has 3 rings (SSSR count). The quantitative estimate of drug-likeness (QED) is 0.530. The van der Waals surface area contributed by atoms with E-state index < -0.39 is 30.7 Å². The Morgan fingerprint density at radius 1 is 1.23 bits per heavy atom. The lowest BCUT2D eigenvalue weighted by atomic mass is 9.96. The fourth-order valence-electron chi connectivity index (χ4n) is 3.18. The highest BCUT2D eigenvalue weighted by molar-refractivity contribution is 5.88. The summed E-state index contributed by atoms with van der Waals surface area (Å²) in [5.74, 6) is -1.70. The Hall–Kier alpha value is -1.68. The molecule has 176 valence electrons. The fourth-order valence-corrected chi connectivity index (χ4v) is 3.18. The van der Waals surface area contributed by atoms with Gasteiger partial charge in [-0.25, -0.2) is 0 Å². The number of alkyl halides is 3. The van der Waals surface area contributed by atoms with Gasteiger partial charge in [-0.15, -0.1) is 13.2 Å². The van der Waals surface area contributed by atoms with Crippen LogP contribution < -0.4 is 16.0 Å². The van der Waals surface area contributed by atoms with E-state index in [0.29, 0.717) is 13.0 Å². The predicted octanol–water partition coefficient (Wildman–Crippen LogP) is 2.54. The number of hydrogen-bond acceptors (Lipinski definition) is 5. The second-order valence-electron chi connectivity index (χ2n) is 6.98. The first-order chi connectivity index (χ1) is 14.2. The number of ketones is 1. The van der Waals surface area contributed by atoms with E-state index in [1.54, 1.807) is 0 Å². The van der Waals surface area contributed by atoms with Crippen LogP contribution >= 0.6 is 0 Å². The highest BCUT2D eigenvalue weighted by Crippen LogP contribution is 2.49. The Bertz CT molecular complexity index is 518. The molecule has 3 aliphatic rings. The van der Waals surface area contributed by atoms with Crippen LogP contribution in [-0.2, 0) is 19.1 Å². The summed E-state index contributed by atoms with van der Waals surface area (Å²) in [5.41, 5.74) is 0.833. The van der Waals surface area contributed by atoms with Gasteiger partial charge in [-0.05, 0) is 44.1 Å². The van der Waals surface area contributed by atoms with Crippen LogP contribution in [0.2, 0.25) is 0 Å². The first-order valence-electron chi connectivity index (χ1n) is 10.7. The van der Waals surface area contributed by atoms with Gasteiger partial charge >= 0.3 is 6.36 Å². The molecule has 0 unspecified atom stereocenters. The van der Waals surface area contributed by atoms with Crippen LogP contribution in [0.3, 0.4) is 0 Å². The molecule has 0 aromatic carbocycles. The van der Waals surface area contributed by atoms with Crippen molar-refractivity contribution in [2.75, 3.05) is 26.2 Å². The van der Waals surface area contributed by atoms with Crippen molar-refractivity contribution in [2.24, 2.45) is 11.3 Å². The second-order valence-corrected chi connectivity index (χ2v) is 6.98. The van der Waals surface area contributed by atoms with E-state index in [0.717, 1.165) is 5.41 Å². The summed E-state index contributed by atoms with van der Waals surface area (Å²) < 4.78 is 38.8. The van der Waals surface area contributed by atoms with Crippen LogP contribution in [0.15, 0.2) is 0 Å². The van der Waals surface area contributed by atoms with Crippen LogP contribution in [0.25, 0.3) is 0 Å². The molecule has 7 nitrogen and oxygen atoms in total. The number of Topliss-reactive ketones (excluding diaryl/α,β-unsaturated/α-hetero) is 1. The van der Waals surface area contributed by atoms with Gasteiger partial charge in [-0.3, -0.25) is 19.1 Å². The number of amides is 2. The van der Waals surface area contributed by atoms with Crippen molar-refractivity contribution in [2.45, 2.75) is 72.2 Å². The van der Waals surface area contributed by atoms with Gasteiger partial charge < -0.3 is 16.0 Å². The summed E-state index contributed by atoms with van der Waals surface area (Å²) in [6, 6.07) is -1.16. The van der Waals surface area contributed by atoms with Crippen molar-refractivity contribution in [3.8, 4) is 0 Å². The van der Waals surface area contributed by atoms with Gasteiger partial charge in [0.1, 0.15) is 6.61 Å². The third-order valence-electron chi connectivity index (χ3n) is 5.01. The molecule has 2 amide bonds. The van der Waals surface area contributed by atoms with Crippen LogP contribution in [0.4, 0.5) is 13.2 Å². The van der Waals surface area contributed by atoms with E-state index in [4.69, 9.17) is 0 Å². The molecule has 0 aromatic rings. The molecule has 3 N–H and O–H groups in total. The van der Waals surface area contributed by atoms with Gasteiger partial charge in [-0.2, -0.15) is 0 Å². The van der Waals surface area contributed by atoms with Crippen molar-refractivity contribution in [1.29, 1.82) is 0 Å². The molecule has 0 aromatic heterocycles. The zero-order valence-corrected chi connectivity index (χ0v) is 18.4. The minimum absolute atomic E-state index is 0.0371. The molecule has 1 aliphatic carbocycles. The molecule has 30 heavy (non-hydrogen) atoms. The van der Waals surface area contributed by atoms with Crippen molar-refractivity contribution >= 4 is 18.1 Å². The van der Waals surface area contributed by atoms with Gasteiger partial charge in [-0.1, -0.05) is 27.7 Å². The van der Waals surface area contributed by atoms with E-state index in [2.05, 4.69) is 20.7 Å². The number of carbonyl (C=O) groups excluding carboxylic acids is 3. The average Bonchev–Trinajstić information content (AvgIpc) is 3.12. The maximum atomic E-state index is 11.8. The number of ether oxygens (including phenoxy) is 1. The SMILES string of the molecule is C1CC2(CC2)CN1.CC.CC.O=CN[C@@H](C[C@@H]1CCNC1=O)C(=O)COC(F)(F)F. The fraction of sp³-hybridized carbons (Fsp3) is 0.850. The number of hydrogen-bond donors (Lipinski definition) is 3. The smallest absolute Gasteiger partial charge is 0.356 e. The molecular formula is C20H36F3N3O4. The highest BCUT2D eigenvalue weighted by Gasteiger charge is 2.44. The largest absolute Gasteiger partial charge is 0.522 e. The minimum atomic E-state index is -4.91. The summed E-state index contributed by atoms with van der Waals surface area (Å²) in [6.45, 7) is 9.85. The van der Waals surface area contributed by atoms with Crippen molar-refractivity contribution in [1.82, 2.24) is 16.0 Å². The molecule has 0 bridgehead atoms. The van der Waals surface area contributed by atoms with Gasteiger partial charge in [0.15, 0.2) is 5.78 Å². The lowest BCUT2D eigenvalue weighted by Gasteiger charge is -2.18. The first kappa shape index (κ1) is 28.3. The van der Waals surface area contributed by atoms with Gasteiger partial charge in [0.25, 0.3) is 0 Å². The minimum Gasteiger partial charge on any atom is -0.356 e. The molecule has 10 heteroatoms. The summed E-state index contributed by atoms with van der Waals surface area (Å²) >= 11 is 0. The van der Waals surface area contributed by atoms with Crippen LogP contribution in [0.1, 0.15) is 59.8 Å². The monoisotopic (exact) mass is 439 g/mol. The van der Waals surface area contributed by atoms with Crippen LogP contribution in [0, 0.1) is 11.3 Å². The van der Waals surface area contributed by atoms with Crippen LogP contribution in [0.5, 0.6) is 0 Å². The molecule has 3 fully saturated rings. The van der Waals surface area contributed by atoms with E-state index in [-0.39, 0.29) is 18.7 Å². The standard InChI is InChI=1S/C10H13F3N2O4.C6H11N.2C2H6/c11-10(12,13)19-4-8(17)7(15-5-16)3-6-1-2-14-9(6)18;1-2-6(1)3-4-7-5-6;2*1-2/h5-7H,1-4H2,(H,14,18)(H,15,16);7H,1-5H2;2*1-2H3/t6-,7-;;;/m0.../s1. The van der Waals surface area contributed by atoms with Gasteiger partial charge in [0.05, 0.1) is 6.04 Å². The number of carbonyl (C=O) groups is 3. The topological polar surface area (TPSA) is 96.5 Å². The Morgan fingerprint density at radius 2 is 1.87 bits per heavy atom. The zero-order chi connectivity index (χ0) is 23.2. The molecule has 2 atom stereocenters. The third-order valence-corrected chi connectivity index (χ3v) is 5.01. The Kier molecular flexibility index (Phi) is 13.5. The third kappa shape index (κ3) is 10.9. The summed E-state index contributed by atoms with van der Waals surface area (Å²) in [6.07, 6.45) is 0.191. The van der Waals surface area contributed by atoms with E-state index in [1.165, 1.54) is 32.4 Å². The molecule has 2 heterocycles. The Morgan fingerprint density at radius 3 is 2.23 bits per heavy atom. The highest BCUT2D eigenvalue weighted by atomic mass is 19.4. The number of nitrogens with one attached hydrogen (secondary N) is 3. The maximum Gasteiger partial charge on any atom is 0.522 e. The number of halogens is 3. The lowest BCUT2D eigenvalue weighted by molar-refractivity contribution is -0.321. The Labute approximate surface area is 176 Å². The number of rotatable bonds is 7. The molecule has 1 saturated carbocycles. The van der Waals surface area contributed by atoms with Crippen LogP contribution in [-0.4, -0.2) is 56.7 Å². The summed E-state index contributed by atoms with van der Waals surface area (Å²) in [4.78, 5) is 33.1. The molecule has 1 spiro atoms. The van der Waals surface area contributed by atoms with Gasteiger partial charge in [0, 0.05) is 19.0 Å². The average molecular weight is 440 g/mol. The molecular weight excluding hydrogens is 403 g/mol. The lowest BCUT2D eigenvalue weighted by Crippen LogP contribution is -2.41. The van der Waals surface area contributed by atoms with Crippen molar-refractivity contribution in [3.63, 3.8) is 0 Å². The molecule has 2 saturated heterocycles.